The summed E-state index contributed by atoms with van der Waals surface area (Å²) in [7, 11) is 4.80. The van der Waals surface area contributed by atoms with E-state index < -0.39 is 0 Å². The normalized spacial score (nSPS) is 11.7. The first-order valence-electron chi connectivity index (χ1n) is 9.43. The molecule has 0 bridgehead atoms. The highest BCUT2D eigenvalue weighted by Crippen LogP contribution is 2.33. The van der Waals surface area contributed by atoms with Crippen molar-refractivity contribution in [1.29, 1.82) is 0 Å². The number of rotatable bonds is 8. The summed E-state index contributed by atoms with van der Waals surface area (Å²) in [6, 6.07) is 11.6. The monoisotopic (exact) mass is 501 g/mol. The number of nitrogens with zero attached hydrogens (tertiary/aromatic N) is 3. The lowest BCUT2D eigenvalue weighted by Crippen LogP contribution is -2.13. The highest BCUT2D eigenvalue weighted by atomic mass is 79.9. The van der Waals surface area contributed by atoms with E-state index in [1.165, 1.54) is 11.3 Å². The Hall–Kier alpha value is -2.84. The lowest BCUT2D eigenvalue weighted by molar-refractivity contribution is 0.374. The number of hydrogen-bond donors (Lipinski definition) is 0. The molecular formula is C23H24BrN3O3S. The van der Waals surface area contributed by atoms with E-state index in [0.29, 0.717) is 29.4 Å². The topological polar surface area (TPSA) is 57.3 Å². The molecule has 0 radical (unpaired) electrons. The molecule has 31 heavy (non-hydrogen) atoms. The summed E-state index contributed by atoms with van der Waals surface area (Å²) in [6.07, 6.45) is 1.71. The van der Waals surface area contributed by atoms with Crippen molar-refractivity contribution in [3.8, 4) is 28.5 Å². The van der Waals surface area contributed by atoms with Crippen molar-refractivity contribution in [1.82, 2.24) is 4.68 Å². The van der Waals surface area contributed by atoms with Gasteiger partial charge in [0.1, 0.15) is 17.2 Å². The molecule has 1 heterocycles. The molecule has 0 fully saturated rings. The van der Waals surface area contributed by atoms with Gasteiger partial charge in [0.05, 0.1) is 45.3 Å². The minimum atomic E-state index is 0.528. The number of halogens is 1. The summed E-state index contributed by atoms with van der Waals surface area (Å²) in [4.78, 5) is 5.44. The van der Waals surface area contributed by atoms with Gasteiger partial charge in [0.25, 0.3) is 0 Å². The van der Waals surface area contributed by atoms with Crippen molar-refractivity contribution >= 4 is 33.5 Å². The number of methoxy groups -OCH3 is 3. The molecule has 0 spiro atoms. The third-order valence-electron chi connectivity index (χ3n) is 4.37. The fraction of sp³-hybridized carbons (Fsp3) is 0.217. The van der Waals surface area contributed by atoms with E-state index >= 15 is 0 Å². The molecule has 0 N–H and O–H groups in total. The number of hydrogen-bond acceptors (Lipinski definition) is 6. The highest BCUT2D eigenvalue weighted by Gasteiger charge is 2.14. The van der Waals surface area contributed by atoms with Crippen molar-refractivity contribution in [3.63, 3.8) is 0 Å². The SMILES string of the molecule is C=C(C)CN=c1scc(-c2ccccc2Br)n1N=Cc1c(OC)cc(OC)cc1OC. The quantitative estimate of drug-likeness (QED) is 0.308. The van der Waals surface area contributed by atoms with Gasteiger partial charge < -0.3 is 14.2 Å². The van der Waals surface area contributed by atoms with E-state index in [1.54, 1.807) is 39.7 Å². The predicted octanol–water partition coefficient (Wildman–Crippen LogP) is 5.36. The minimum Gasteiger partial charge on any atom is -0.496 e. The summed E-state index contributed by atoms with van der Waals surface area (Å²) in [5.41, 5.74) is 3.61. The minimum absolute atomic E-state index is 0.528. The Morgan fingerprint density at radius 1 is 1.13 bits per heavy atom. The zero-order valence-electron chi connectivity index (χ0n) is 17.9. The van der Waals surface area contributed by atoms with E-state index in [-0.39, 0.29) is 0 Å². The zero-order chi connectivity index (χ0) is 22.4. The summed E-state index contributed by atoms with van der Waals surface area (Å²) in [6.45, 7) is 6.42. The van der Waals surface area contributed by atoms with E-state index in [9.17, 15) is 0 Å². The fourth-order valence-electron chi connectivity index (χ4n) is 2.85. The molecule has 8 heteroatoms. The van der Waals surface area contributed by atoms with Gasteiger partial charge in [-0.05, 0) is 13.0 Å². The highest BCUT2D eigenvalue weighted by molar-refractivity contribution is 9.10. The predicted molar refractivity (Wildman–Crippen MR) is 130 cm³/mol. The molecule has 3 rings (SSSR count). The molecule has 0 atom stereocenters. The van der Waals surface area contributed by atoms with E-state index in [4.69, 9.17) is 19.3 Å². The summed E-state index contributed by atoms with van der Waals surface area (Å²) in [5.74, 6) is 1.83. The van der Waals surface area contributed by atoms with Gasteiger partial charge in [-0.25, -0.2) is 4.68 Å². The van der Waals surface area contributed by atoms with Gasteiger partial charge in [-0.15, -0.1) is 11.3 Å². The van der Waals surface area contributed by atoms with Gasteiger partial charge in [-0.1, -0.05) is 46.3 Å². The van der Waals surface area contributed by atoms with Gasteiger partial charge >= 0.3 is 0 Å². The molecule has 0 unspecified atom stereocenters. The average Bonchev–Trinajstić information content (AvgIpc) is 3.18. The van der Waals surface area contributed by atoms with Crippen LogP contribution in [0, 0.1) is 0 Å². The third kappa shape index (κ3) is 5.26. The van der Waals surface area contributed by atoms with E-state index in [1.807, 2.05) is 41.2 Å². The Morgan fingerprint density at radius 2 is 1.81 bits per heavy atom. The largest absolute Gasteiger partial charge is 0.496 e. The van der Waals surface area contributed by atoms with Crippen LogP contribution in [0.5, 0.6) is 17.2 Å². The van der Waals surface area contributed by atoms with Crippen LogP contribution >= 0.6 is 27.3 Å². The van der Waals surface area contributed by atoms with Gasteiger partial charge in [-0.3, -0.25) is 4.99 Å². The maximum atomic E-state index is 5.54. The molecule has 0 amide bonds. The lowest BCUT2D eigenvalue weighted by atomic mass is 10.1. The maximum absolute atomic E-state index is 5.54. The van der Waals surface area contributed by atoms with Gasteiger partial charge in [-0.2, -0.15) is 5.10 Å². The summed E-state index contributed by atoms with van der Waals surface area (Å²) in [5, 5.41) is 6.80. The van der Waals surface area contributed by atoms with Crippen LogP contribution in [0.2, 0.25) is 0 Å². The van der Waals surface area contributed by atoms with Crippen LogP contribution in [0.4, 0.5) is 0 Å². The van der Waals surface area contributed by atoms with Crippen LogP contribution in [-0.2, 0) is 0 Å². The average molecular weight is 502 g/mol. The Balaban J connectivity index is 2.18. The molecule has 0 saturated carbocycles. The Bertz CT molecular complexity index is 1160. The maximum Gasteiger partial charge on any atom is 0.206 e. The van der Waals surface area contributed by atoms with Crippen LogP contribution in [0.25, 0.3) is 11.3 Å². The van der Waals surface area contributed by atoms with Crippen LogP contribution in [0.1, 0.15) is 12.5 Å². The first-order valence-corrected chi connectivity index (χ1v) is 11.1. The molecule has 6 nitrogen and oxygen atoms in total. The van der Waals surface area contributed by atoms with Crippen LogP contribution in [-0.4, -0.2) is 38.8 Å². The Morgan fingerprint density at radius 3 is 2.39 bits per heavy atom. The van der Waals surface area contributed by atoms with Crippen molar-refractivity contribution in [2.45, 2.75) is 6.92 Å². The molecule has 162 valence electrons. The van der Waals surface area contributed by atoms with Crippen LogP contribution < -0.4 is 19.0 Å². The van der Waals surface area contributed by atoms with Crippen molar-refractivity contribution in [2.24, 2.45) is 10.1 Å². The second-order valence-electron chi connectivity index (χ2n) is 6.66. The lowest BCUT2D eigenvalue weighted by Gasteiger charge is -2.12. The second kappa shape index (κ2) is 10.5. The molecule has 2 aromatic carbocycles. The molecule has 0 aliphatic carbocycles. The first-order chi connectivity index (χ1) is 15.0. The van der Waals surface area contributed by atoms with Crippen LogP contribution in [0.15, 0.2) is 68.5 Å². The van der Waals surface area contributed by atoms with E-state index in [2.05, 4.69) is 27.5 Å². The zero-order valence-corrected chi connectivity index (χ0v) is 20.3. The van der Waals surface area contributed by atoms with Crippen molar-refractivity contribution in [3.05, 3.63) is 68.8 Å². The molecule has 3 aromatic rings. The van der Waals surface area contributed by atoms with E-state index in [0.717, 1.165) is 26.1 Å². The number of thiazole rings is 1. The molecule has 0 aliphatic rings. The summed E-state index contributed by atoms with van der Waals surface area (Å²) < 4.78 is 19.2. The Kier molecular flexibility index (Phi) is 7.70. The first kappa shape index (κ1) is 22.8. The van der Waals surface area contributed by atoms with Crippen molar-refractivity contribution < 1.29 is 14.2 Å². The van der Waals surface area contributed by atoms with Crippen molar-refractivity contribution in [2.75, 3.05) is 27.9 Å². The third-order valence-corrected chi connectivity index (χ3v) is 5.92. The van der Waals surface area contributed by atoms with Crippen LogP contribution in [0.3, 0.4) is 0 Å². The molecular weight excluding hydrogens is 478 g/mol. The molecule has 0 aliphatic heterocycles. The van der Waals surface area contributed by atoms with Gasteiger partial charge in [0.2, 0.25) is 4.80 Å². The smallest absolute Gasteiger partial charge is 0.206 e. The van der Waals surface area contributed by atoms with Gasteiger partial charge in [0.15, 0.2) is 0 Å². The second-order valence-corrected chi connectivity index (χ2v) is 8.35. The van der Waals surface area contributed by atoms with Gasteiger partial charge in [0, 0.05) is 27.5 Å². The molecule has 1 aromatic heterocycles. The molecule has 0 saturated heterocycles. The number of benzene rings is 2. The summed E-state index contributed by atoms with van der Waals surface area (Å²) >= 11 is 5.16. The fourth-order valence-corrected chi connectivity index (χ4v) is 4.17. The Labute approximate surface area is 194 Å². The number of ether oxygens (including phenoxy) is 3. The number of aromatic nitrogens is 1. The standard InChI is InChI=1S/C23H24BrN3O3S/c1-15(2)12-25-23-27(20(14-31-23)17-8-6-7-9-19(17)24)26-13-18-21(29-4)10-16(28-3)11-22(18)30-5/h6-11,13-14H,1,12H2,2-5H3.